The molecule has 4 saturated carbocycles. The van der Waals surface area contributed by atoms with Crippen LogP contribution in [-0.2, 0) is 0 Å². The monoisotopic (exact) mass is 536 g/mol. The van der Waals surface area contributed by atoms with Crippen molar-refractivity contribution in [3.05, 3.63) is 27.8 Å². The lowest BCUT2D eigenvalue weighted by Crippen LogP contribution is -2.57. The highest BCUT2D eigenvalue weighted by Gasteiger charge is 2.76. The van der Waals surface area contributed by atoms with Crippen LogP contribution in [0.3, 0.4) is 0 Å². The molecule has 1 aromatic carbocycles. The molecule has 4 unspecified atom stereocenters. The van der Waals surface area contributed by atoms with E-state index in [-0.39, 0.29) is 17.5 Å². The van der Waals surface area contributed by atoms with Crippen LogP contribution in [0.5, 0.6) is 5.75 Å². The molecule has 0 aromatic heterocycles. The van der Waals surface area contributed by atoms with Gasteiger partial charge in [0.1, 0.15) is 5.75 Å². The van der Waals surface area contributed by atoms with Crippen molar-refractivity contribution in [1.29, 1.82) is 0 Å². The van der Waals surface area contributed by atoms with E-state index >= 15 is 0 Å². The second kappa shape index (κ2) is 7.51. The average Bonchev–Trinajstić information content (AvgIpc) is 3.12. The van der Waals surface area contributed by atoms with Gasteiger partial charge in [-0.1, -0.05) is 0 Å². The van der Waals surface area contributed by atoms with Crippen molar-refractivity contribution in [2.75, 3.05) is 19.7 Å². The minimum absolute atomic E-state index is 0.130. The number of hydrogen-bond donors (Lipinski definition) is 2. The van der Waals surface area contributed by atoms with Crippen molar-refractivity contribution >= 4 is 28.6 Å². The first kappa shape index (κ1) is 20.6. The van der Waals surface area contributed by atoms with Crippen LogP contribution < -0.4 is 10.1 Å². The van der Waals surface area contributed by atoms with E-state index in [2.05, 4.69) is 40.0 Å². The summed E-state index contributed by atoms with van der Waals surface area (Å²) in [6.07, 6.45) is 8.59. The number of amides is 2. The number of rotatable bonds is 5. The van der Waals surface area contributed by atoms with Gasteiger partial charge in [0.15, 0.2) is 0 Å². The predicted molar refractivity (Wildman–Crippen MR) is 127 cm³/mol. The summed E-state index contributed by atoms with van der Waals surface area (Å²) in [4.78, 5) is 15.1. The van der Waals surface area contributed by atoms with E-state index in [1.54, 1.807) is 0 Å². The Labute approximate surface area is 198 Å². The van der Waals surface area contributed by atoms with Crippen LogP contribution in [0.4, 0.5) is 4.79 Å². The fourth-order valence-electron chi connectivity index (χ4n) is 8.02. The summed E-state index contributed by atoms with van der Waals surface area (Å²) >= 11 is 2.30. The second-order valence-electron chi connectivity index (χ2n) is 11.0. The number of nitrogens with zero attached hydrogens (tertiary/aromatic N) is 1. The molecule has 6 rings (SSSR count). The molecule has 31 heavy (non-hydrogen) atoms. The first-order valence-corrected chi connectivity index (χ1v) is 13.2. The molecule has 6 atom stereocenters. The normalized spacial score (nSPS) is 40.5. The van der Waals surface area contributed by atoms with Gasteiger partial charge in [0.05, 0.1) is 12.2 Å². The van der Waals surface area contributed by atoms with Gasteiger partial charge in [-0.25, -0.2) is 4.79 Å². The lowest BCUT2D eigenvalue weighted by atomic mass is 9.53. The molecule has 1 heterocycles. The molecule has 0 radical (unpaired) electrons. The lowest BCUT2D eigenvalue weighted by molar-refractivity contribution is -0.176. The Bertz CT molecular complexity index is 851. The Kier molecular flexibility index (Phi) is 4.98. The molecule has 1 saturated heterocycles. The maximum absolute atomic E-state index is 13.0. The first-order chi connectivity index (χ1) is 15.0. The largest absolute Gasteiger partial charge is 0.494 e. The van der Waals surface area contributed by atoms with Crippen LogP contribution in [-0.4, -0.2) is 47.4 Å². The number of ether oxygens (including phenoxy) is 1. The third-order valence-electron chi connectivity index (χ3n) is 9.55. The third kappa shape index (κ3) is 3.30. The van der Waals surface area contributed by atoms with Crippen LogP contribution in [0.15, 0.2) is 24.3 Å². The van der Waals surface area contributed by atoms with Gasteiger partial charge in [-0.2, -0.15) is 0 Å². The maximum Gasteiger partial charge on any atom is 0.317 e. The molecule has 5 aliphatic rings. The van der Waals surface area contributed by atoms with Crippen molar-refractivity contribution < 1.29 is 14.6 Å². The van der Waals surface area contributed by atoms with Crippen LogP contribution in [0, 0.1) is 32.7 Å². The van der Waals surface area contributed by atoms with E-state index in [1.807, 2.05) is 17.0 Å². The van der Waals surface area contributed by atoms with E-state index < -0.39 is 5.60 Å². The van der Waals surface area contributed by atoms with E-state index in [1.165, 1.54) is 9.99 Å². The number of benzene rings is 1. The maximum atomic E-state index is 13.0. The molecule has 1 aliphatic heterocycles. The van der Waals surface area contributed by atoms with Crippen LogP contribution in [0.25, 0.3) is 0 Å². The van der Waals surface area contributed by atoms with E-state index in [0.717, 1.165) is 70.4 Å². The quantitative estimate of drug-likeness (QED) is 0.548. The van der Waals surface area contributed by atoms with Crippen molar-refractivity contribution in [1.82, 2.24) is 10.2 Å². The zero-order valence-corrected chi connectivity index (χ0v) is 20.2. The molecule has 1 spiro atoms. The number of aliphatic hydroxyl groups is 1. The minimum atomic E-state index is -0.408. The molecule has 2 amide bonds. The average molecular weight is 536 g/mol. The summed E-state index contributed by atoms with van der Waals surface area (Å²) in [5.74, 6) is 3.35. The smallest absolute Gasteiger partial charge is 0.317 e. The summed E-state index contributed by atoms with van der Waals surface area (Å²) in [7, 11) is 0. The highest BCUT2D eigenvalue weighted by molar-refractivity contribution is 14.1. The van der Waals surface area contributed by atoms with E-state index in [4.69, 9.17) is 4.74 Å². The standard InChI is InChI=1S/C25H33IN2O3/c26-20-1-3-21(4-2-20)31-10-7-16-5-8-28(9-6-16)23(29)27-22-17-11-19-15-25(30)14-18(22)13-24(19,25)12-17/h1-4,16-19,22,30H,5-15H2,(H,27,29)/t17?,18?,19?,22-,24?,25-/m0/s1. The number of hydrogen-bond acceptors (Lipinski definition) is 3. The number of urea groups is 1. The molecular weight excluding hydrogens is 503 g/mol. The Morgan fingerprint density at radius 3 is 2.65 bits per heavy atom. The molecule has 5 fully saturated rings. The van der Waals surface area contributed by atoms with Gasteiger partial charge < -0.3 is 20.1 Å². The molecule has 1 aromatic rings. The Balaban J connectivity index is 0.970. The first-order valence-electron chi connectivity index (χ1n) is 12.1. The molecule has 168 valence electrons. The zero-order chi connectivity index (χ0) is 21.2. The van der Waals surface area contributed by atoms with Gasteiger partial charge >= 0.3 is 6.03 Å². The number of fused-ring (bicyclic) bond motifs is 2. The van der Waals surface area contributed by atoms with E-state index in [0.29, 0.717) is 23.7 Å². The highest BCUT2D eigenvalue weighted by atomic mass is 127. The van der Waals surface area contributed by atoms with E-state index in [9.17, 15) is 9.90 Å². The second-order valence-corrected chi connectivity index (χ2v) is 12.2. The van der Waals surface area contributed by atoms with Crippen molar-refractivity contribution in [3.63, 3.8) is 0 Å². The fraction of sp³-hybridized carbons (Fsp3) is 0.720. The predicted octanol–water partition coefficient (Wildman–Crippen LogP) is 4.42. The summed E-state index contributed by atoms with van der Waals surface area (Å²) < 4.78 is 7.12. The Morgan fingerprint density at radius 2 is 1.87 bits per heavy atom. The fourth-order valence-corrected chi connectivity index (χ4v) is 8.38. The number of likely N-dealkylation sites (tertiary alicyclic amines) is 1. The molecule has 5 nitrogen and oxygen atoms in total. The Hall–Kier alpha value is -1.02. The molecule has 2 N–H and O–H groups in total. The molecular formula is C25H33IN2O3. The minimum Gasteiger partial charge on any atom is -0.494 e. The molecule has 3 bridgehead atoms. The van der Waals surface area contributed by atoms with Gasteiger partial charge in [-0.3, -0.25) is 0 Å². The number of nitrogens with one attached hydrogen (secondary N) is 1. The topological polar surface area (TPSA) is 61.8 Å². The van der Waals surface area contributed by atoms with Crippen molar-refractivity contribution in [2.24, 2.45) is 29.1 Å². The van der Waals surface area contributed by atoms with Gasteiger partial charge in [0.25, 0.3) is 0 Å². The van der Waals surface area contributed by atoms with Crippen molar-refractivity contribution in [3.8, 4) is 5.75 Å². The number of carbonyl (C=O) groups is 1. The molecule has 6 heteroatoms. The summed E-state index contributed by atoms with van der Waals surface area (Å²) in [6, 6.07) is 8.60. The van der Waals surface area contributed by atoms with Gasteiger partial charge in [-0.15, -0.1) is 0 Å². The number of piperidine rings is 1. The van der Waals surface area contributed by atoms with Gasteiger partial charge in [-0.05, 0) is 122 Å². The van der Waals surface area contributed by atoms with Crippen LogP contribution in [0.1, 0.15) is 51.4 Å². The zero-order valence-electron chi connectivity index (χ0n) is 18.1. The SMILES string of the molecule is O=C(N[C@H]1C2CC3C[C@@]4(O)CC1CC34C2)N1CCC(CCOc2ccc(I)cc2)CC1. The summed E-state index contributed by atoms with van der Waals surface area (Å²) in [6.45, 7) is 2.44. The number of halogens is 1. The third-order valence-corrected chi connectivity index (χ3v) is 10.3. The highest BCUT2D eigenvalue weighted by Crippen LogP contribution is 2.77. The van der Waals surface area contributed by atoms with Crippen LogP contribution in [0.2, 0.25) is 0 Å². The van der Waals surface area contributed by atoms with Gasteiger partial charge in [0.2, 0.25) is 0 Å². The van der Waals surface area contributed by atoms with Crippen molar-refractivity contribution in [2.45, 2.75) is 63.0 Å². The number of carbonyl (C=O) groups excluding carboxylic acids is 1. The Morgan fingerprint density at radius 1 is 1.13 bits per heavy atom. The van der Waals surface area contributed by atoms with Gasteiger partial charge in [0, 0.05) is 28.1 Å². The lowest BCUT2D eigenvalue weighted by Gasteiger charge is -2.55. The summed E-state index contributed by atoms with van der Waals surface area (Å²) in [5.41, 5.74) is -0.183. The molecule has 4 aliphatic carbocycles. The summed E-state index contributed by atoms with van der Waals surface area (Å²) in [5, 5.41) is 14.5. The van der Waals surface area contributed by atoms with Crippen LogP contribution >= 0.6 is 22.6 Å².